The maximum absolute atomic E-state index is 6.43. The molecule has 1 fully saturated rings. The highest BCUT2D eigenvalue weighted by molar-refractivity contribution is 9.10. The van der Waals surface area contributed by atoms with Gasteiger partial charge in [-0.3, -0.25) is 0 Å². The molecule has 1 atom stereocenters. The molecule has 1 aliphatic carbocycles. The molecule has 2 aliphatic rings. The van der Waals surface area contributed by atoms with Crippen LogP contribution in [0.3, 0.4) is 0 Å². The van der Waals surface area contributed by atoms with Crippen LogP contribution >= 0.6 is 15.9 Å². The van der Waals surface area contributed by atoms with Crippen molar-refractivity contribution in [2.24, 2.45) is 11.7 Å². The Morgan fingerprint density at radius 3 is 2.80 bits per heavy atom. The van der Waals surface area contributed by atoms with Crippen molar-refractivity contribution in [3.8, 4) is 5.75 Å². The van der Waals surface area contributed by atoms with Gasteiger partial charge >= 0.3 is 0 Å². The van der Waals surface area contributed by atoms with E-state index < -0.39 is 0 Å². The van der Waals surface area contributed by atoms with E-state index in [4.69, 9.17) is 10.5 Å². The number of hydrogen-bond acceptors (Lipinski definition) is 2. The third kappa shape index (κ3) is 2.75. The summed E-state index contributed by atoms with van der Waals surface area (Å²) in [6, 6.07) is 6.35. The molecule has 1 spiro atoms. The lowest BCUT2D eigenvalue weighted by atomic mass is 9.72. The minimum absolute atomic E-state index is 0.00253. The standard InChI is InChI=1S/C17H24BrNO/c1-2-3-12-6-8-17(9-7-12)11-15(19)14-5-4-13(18)10-16(14)20-17/h4-5,10,12,15H,2-3,6-9,11,19H2,1H3/t12?,15-,17?/m0/s1. The van der Waals surface area contributed by atoms with Gasteiger partial charge in [0.25, 0.3) is 0 Å². The Morgan fingerprint density at radius 2 is 2.10 bits per heavy atom. The summed E-state index contributed by atoms with van der Waals surface area (Å²) in [6.07, 6.45) is 8.56. The van der Waals surface area contributed by atoms with Crippen molar-refractivity contribution in [2.75, 3.05) is 0 Å². The van der Waals surface area contributed by atoms with Crippen molar-refractivity contribution in [3.63, 3.8) is 0 Å². The van der Waals surface area contributed by atoms with Gasteiger partial charge in [-0.25, -0.2) is 0 Å². The molecule has 0 aromatic heterocycles. The van der Waals surface area contributed by atoms with Crippen molar-refractivity contribution in [3.05, 3.63) is 28.2 Å². The number of fused-ring (bicyclic) bond motifs is 1. The van der Waals surface area contributed by atoms with Crippen LogP contribution in [0.1, 0.15) is 63.5 Å². The van der Waals surface area contributed by atoms with Crippen LogP contribution in [0.2, 0.25) is 0 Å². The van der Waals surface area contributed by atoms with Crippen LogP contribution in [-0.4, -0.2) is 5.60 Å². The molecule has 2 nitrogen and oxygen atoms in total. The second-order valence-electron chi connectivity index (χ2n) is 6.51. The topological polar surface area (TPSA) is 35.2 Å². The Labute approximate surface area is 130 Å². The molecule has 0 amide bonds. The molecule has 2 N–H and O–H groups in total. The first kappa shape index (κ1) is 14.4. The largest absolute Gasteiger partial charge is 0.487 e. The maximum atomic E-state index is 6.43. The number of hydrogen-bond donors (Lipinski definition) is 1. The number of benzene rings is 1. The molecule has 20 heavy (non-hydrogen) atoms. The first-order chi connectivity index (χ1) is 9.62. The summed E-state index contributed by atoms with van der Waals surface area (Å²) in [6.45, 7) is 2.28. The highest BCUT2D eigenvalue weighted by Gasteiger charge is 2.42. The van der Waals surface area contributed by atoms with Crippen molar-refractivity contribution >= 4 is 15.9 Å². The summed E-state index contributed by atoms with van der Waals surface area (Å²) in [5.41, 5.74) is 7.56. The van der Waals surface area contributed by atoms with E-state index in [1.165, 1.54) is 25.7 Å². The second kappa shape index (κ2) is 5.69. The van der Waals surface area contributed by atoms with Gasteiger partial charge in [0, 0.05) is 22.5 Å². The molecule has 0 bridgehead atoms. The third-order valence-electron chi connectivity index (χ3n) is 5.01. The molecule has 1 heterocycles. The van der Waals surface area contributed by atoms with Crippen LogP contribution in [0, 0.1) is 5.92 Å². The monoisotopic (exact) mass is 337 g/mol. The van der Waals surface area contributed by atoms with Crippen molar-refractivity contribution in [1.29, 1.82) is 0 Å². The van der Waals surface area contributed by atoms with Crippen molar-refractivity contribution < 1.29 is 4.74 Å². The lowest BCUT2D eigenvalue weighted by molar-refractivity contribution is -0.0116. The van der Waals surface area contributed by atoms with Gasteiger partial charge in [-0.15, -0.1) is 0 Å². The van der Waals surface area contributed by atoms with Gasteiger partial charge < -0.3 is 10.5 Å². The van der Waals surface area contributed by atoms with Crippen LogP contribution in [0.15, 0.2) is 22.7 Å². The van der Waals surface area contributed by atoms with Crippen LogP contribution in [0.4, 0.5) is 0 Å². The quantitative estimate of drug-likeness (QED) is 0.827. The zero-order chi connectivity index (χ0) is 14.2. The summed E-state index contributed by atoms with van der Waals surface area (Å²) in [5.74, 6) is 1.89. The molecular weight excluding hydrogens is 314 g/mol. The van der Waals surface area contributed by atoms with Gasteiger partial charge in [0.1, 0.15) is 11.4 Å². The van der Waals surface area contributed by atoms with Crippen molar-refractivity contribution in [1.82, 2.24) is 0 Å². The molecule has 1 aliphatic heterocycles. The van der Waals surface area contributed by atoms with Gasteiger partial charge in [-0.2, -0.15) is 0 Å². The lowest BCUT2D eigenvalue weighted by Crippen LogP contribution is -2.45. The molecule has 110 valence electrons. The van der Waals surface area contributed by atoms with E-state index in [-0.39, 0.29) is 11.6 Å². The van der Waals surface area contributed by atoms with Crippen molar-refractivity contribution in [2.45, 2.75) is 63.5 Å². The van der Waals surface area contributed by atoms with E-state index >= 15 is 0 Å². The Hall–Kier alpha value is -0.540. The predicted molar refractivity (Wildman–Crippen MR) is 85.9 cm³/mol. The molecule has 3 rings (SSSR count). The summed E-state index contributed by atoms with van der Waals surface area (Å²) < 4.78 is 7.50. The minimum atomic E-state index is -0.00253. The fraction of sp³-hybridized carbons (Fsp3) is 0.647. The SMILES string of the molecule is CCCC1CCC2(CC1)C[C@H](N)c1ccc(Br)cc1O2. The van der Waals surface area contributed by atoms with Crippen LogP contribution < -0.4 is 10.5 Å². The van der Waals surface area contributed by atoms with Crippen LogP contribution in [0.25, 0.3) is 0 Å². The van der Waals surface area contributed by atoms with E-state index in [0.29, 0.717) is 0 Å². The molecular formula is C17H24BrNO. The number of nitrogens with two attached hydrogens (primary N) is 1. The molecule has 0 unspecified atom stereocenters. The second-order valence-corrected chi connectivity index (χ2v) is 7.43. The van der Waals surface area contributed by atoms with Gasteiger partial charge in [-0.05, 0) is 43.7 Å². The third-order valence-corrected chi connectivity index (χ3v) is 5.50. The smallest absolute Gasteiger partial charge is 0.126 e. The molecule has 1 saturated carbocycles. The van der Waals surface area contributed by atoms with Crippen LogP contribution in [0.5, 0.6) is 5.75 Å². The number of halogens is 1. The number of ether oxygens (including phenoxy) is 1. The highest BCUT2D eigenvalue weighted by Crippen LogP contribution is 2.47. The fourth-order valence-electron chi connectivity index (χ4n) is 3.90. The number of rotatable bonds is 2. The summed E-state index contributed by atoms with van der Waals surface area (Å²) in [5, 5.41) is 0. The lowest BCUT2D eigenvalue weighted by Gasteiger charge is -2.45. The summed E-state index contributed by atoms with van der Waals surface area (Å²) in [4.78, 5) is 0. The zero-order valence-corrected chi connectivity index (χ0v) is 13.8. The van der Waals surface area contributed by atoms with Crippen LogP contribution in [-0.2, 0) is 0 Å². The average molecular weight is 338 g/mol. The fourth-order valence-corrected chi connectivity index (χ4v) is 4.24. The average Bonchev–Trinajstić information content (AvgIpc) is 2.41. The minimum Gasteiger partial charge on any atom is -0.487 e. The van der Waals surface area contributed by atoms with Gasteiger partial charge in [0.15, 0.2) is 0 Å². The molecule has 3 heteroatoms. The highest BCUT2D eigenvalue weighted by atomic mass is 79.9. The Morgan fingerprint density at radius 1 is 1.35 bits per heavy atom. The van der Waals surface area contributed by atoms with E-state index in [1.54, 1.807) is 0 Å². The van der Waals surface area contributed by atoms with E-state index in [2.05, 4.69) is 41.1 Å². The Kier molecular flexibility index (Phi) is 4.09. The van der Waals surface area contributed by atoms with E-state index in [0.717, 1.165) is 41.0 Å². The van der Waals surface area contributed by atoms with E-state index in [1.807, 2.05) is 0 Å². The van der Waals surface area contributed by atoms with Gasteiger partial charge in [0.05, 0.1) is 0 Å². The zero-order valence-electron chi connectivity index (χ0n) is 12.2. The maximum Gasteiger partial charge on any atom is 0.126 e. The summed E-state index contributed by atoms with van der Waals surface area (Å²) >= 11 is 3.53. The molecule has 1 aromatic rings. The Bertz CT molecular complexity index is 480. The Balaban J connectivity index is 1.77. The molecule has 0 radical (unpaired) electrons. The van der Waals surface area contributed by atoms with E-state index in [9.17, 15) is 0 Å². The first-order valence-corrected chi connectivity index (χ1v) is 8.65. The molecule has 0 saturated heterocycles. The van der Waals surface area contributed by atoms with Gasteiger partial charge in [-0.1, -0.05) is 41.8 Å². The first-order valence-electron chi connectivity index (χ1n) is 7.86. The normalized spacial score (nSPS) is 32.8. The van der Waals surface area contributed by atoms with Gasteiger partial charge in [0.2, 0.25) is 0 Å². The summed E-state index contributed by atoms with van der Waals surface area (Å²) in [7, 11) is 0. The molecule has 1 aromatic carbocycles. The predicted octanol–water partition coefficient (Wildman–Crippen LogP) is 4.96.